The van der Waals surface area contributed by atoms with Crippen LogP contribution in [0.4, 0.5) is 13.2 Å². The van der Waals surface area contributed by atoms with Crippen LogP contribution in [0.3, 0.4) is 0 Å². The molecule has 0 heterocycles. The molecule has 0 unspecified atom stereocenters. The second-order valence-corrected chi connectivity index (χ2v) is 12.1. The van der Waals surface area contributed by atoms with E-state index in [1.165, 1.54) is 51.4 Å². The lowest BCUT2D eigenvalue weighted by atomic mass is 9.68. The fourth-order valence-corrected chi connectivity index (χ4v) is 7.31. The molecule has 4 heteroatoms. The van der Waals surface area contributed by atoms with Crippen LogP contribution in [-0.2, 0) is 6.32 Å². The normalized spacial score (nSPS) is 23.5. The van der Waals surface area contributed by atoms with Crippen LogP contribution in [0.15, 0.2) is 66.7 Å². The Bertz CT molecular complexity index is 1300. The van der Waals surface area contributed by atoms with Gasteiger partial charge in [-0.05, 0) is 116 Å². The summed E-state index contributed by atoms with van der Waals surface area (Å²) in [6.07, 6.45) is 17.6. The average molecular weight is 543 g/mol. The van der Waals surface area contributed by atoms with Crippen LogP contribution in [0.25, 0.3) is 22.3 Å². The quantitative estimate of drug-likeness (QED) is 0.196. The van der Waals surface area contributed by atoms with E-state index < -0.39 is 11.6 Å². The van der Waals surface area contributed by atoms with Crippen molar-refractivity contribution < 1.29 is 13.2 Å². The van der Waals surface area contributed by atoms with Gasteiger partial charge in [-0.15, -0.1) is 0 Å². The molecule has 3 aromatic carbocycles. The number of halogens is 3. The van der Waals surface area contributed by atoms with Crippen molar-refractivity contribution in [1.29, 1.82) is 0 Å². The molecule has 0 bridgehead atoms. The largest absolute Gasteiger partial charge is 0.207 e. The summed E-state index contributed by atoms with van der Waals surface area (Å²) in [5, 5.41) is 0. The number of hydrogen-bond donors (Lipinski definition) is 0. The van der Waals surface area contributed by atoms with Gasteiger partial charge < -0.3 is 0 Å². The molecule has 3 aromatic rings. The standard InChI is InChI=1S/C36H42BF3/c1-2-3-4-5-24-6-8-25(9-7-24)26-10-14-28(15-11-26)32-20-18-30(22-34(32)38)27-12-16-29(17-13-27)33-21-19-31(23-37)35(39)36(33)40/h2-3,12-13,16-22,24-26,28H,4-11,14-15,23,37H2,1H3/b3-2+. The molecular formula is C36H42BF3. The first-order valence-corrected chi connectivity index (χ1v) is 15.5. The molecule has 2 aliphatic rings. The maximum Gasteiger partial charge on any atom is 0.166 e. The third kappa shape index (κ3) is 6.42. The van der Waals surface area contributed by atoms with E-state index in [4.69, 9.17) is 0 Å². The van der Waals surface area contributed by atoms with Crippen molar-refractivity contribution in [2.75, 3.05) is 0 Å². The van der Waals surface area contributed by atoms with Gasteiger partial charge in [0, 0.05) is 5.56 Å². The average Bonchev–Trinajstić information content (AvgIpc) is 2.99. The van der Waals surface area contributed by atoms with Gasteiger partial charge >= 0.3 is 0 Å². The van der Waals surface area contributed by atoms with Crippen LogP contribution in [0.1, 0.15) is 88.2 Å². The Morgan fingerprint density at radius 1 is 0.725 bits per heavy atom. The first-order chi connectivity index (χ1) is 19.5. The van der Waals surface area contributed by atoms with Crippen LogP contribution >= 0.6 is 0 Å². The third-order valence-corrected chi connectivity index (χ3v) is 9.82. The molecule has 0 saturated heterocycles. The van der Waals surface area contributed by atoms with Gasteiger partial charge in [0.2, 0.25) is 0 Å². The third-order valence-electron chi connectivity index (χ3n) is 9.82. The van der Waals surface area contributed by atoms with Gasteiger partial charge in [-0.2, -0.15) is 0 Å². The minimum Gasteiger partial charge on any atom is -0.207 e. The molecule has 5 rings (SSSR count). The highest BCUT2D eigenvalue weighted by Crippen LogP contribution is 2.45. The van der Waals surface area contributed by atoms with E-state index in [0.717, 1.165) is 47.3 Å². The fourth-order valence-electron chi connectivity index (χ4n) is 7.31. The van der Waals surface area contributed by atoms with Crippen molar-refractivity contribution in [3.8, 4) is 22.3 Å². The van der Waals surface area contributed by atoms with Gasteiger partial charge in [0.25, 0.3) is 0 Å². The zero-order valence-electron chi connectivity index (χ0n) is 24.1. The van der Waals surface area contributed by atoms with Crippen molar-refractivity contribution in [3.63, 3.8) is 0 Å². The Labute approximate surface area is 239 Å². The number of hydrogen-bond acceptors (Lipinski definition) is 0. The van der Waals surface area contributed by atoms with Crippen LogP contribution in [0.2, 0.25) is 0 Å². The predicted octanol–water partition coefficient (Wildman–Crippen LogP) is 10.0. The maximum absolute atomic E-state index is 15.4. The molecule has 40 heavy (non-hydrogen) atoms. The second-order valence-electron chi connectivity index (χ2n) is 12.1. The molecule has 0 spiro atoms. The smallest absolute Gasteiger partial charge is 0.166 e. The van der Waals surface area contributed by atoms with Crippen molar-refractivity contribution in [1.82, 2.24) is 0 Å². The summed E-state index contributed by atoms with van der Waals surface area (Å²) in [4.78, 5) is 0. The van der Waals surface area contributed by atoms with Crippen LogP contribution < -0.4 is 0 Å². The SMILES string of the molecule is BCc1ccc(-c2ccc(-c3ccc(C4CCC(C5CCC(CC/C=C/C)CC5)CC4)c(F)c3)cc2)c(F)c1F. The summed E-state index contributed by atoms with van der Waals surface area (Å²) in [5.41, 5.74) is 3.75. The molecule has 2 fully saturated rings. The lowest BCUT2D eigenvalue weighted by molar-refractivity contribution is 0.156. The molecule has 210 valence electrons. The lowest BCUT2D eigenvalue weighted by Crippen LogP contribution is -2.25. The van der Waals surface area contributed by atoms with Crippen LogP contribution in [0, 0.1) is 35.2 Å². The summed E-state index contributed by atoms with van der Waals surface area (Å²) in [7, 11) is 1.81. The van der Waals surface area contributed by atoms with E-state index >= 15 is 4.39 Å². The van der Waals surface area contributed by atoms with E-state index in [1.54, 1.807) is 38.2 Å². The van der Waals surface area contributed by atoms with Gasteiger partial charge in [-0.3, -0.25) is 0 Å². The van der Waals surface area contributed by atoms with Gasteiger partial charge in [0.1, 0.15) is 13.7 Å². The molecule has 0 atom stereocenters. The first-order valence-electron chi connectivity index (χ1n) is 15.5. The predicted molar refractivity (Wildman–Crippen MR) is 164 cm³/mol. The second kappa shape index (κ2) is 13.3. The molecule has 0 radical (unpaired) electrons. The summed E-state index contributed by atoms with van der Waals surface area (Å²) in [6, 6.07) is 16.2. The fraction of sp³-hybridized carbons (Fsp3) is 0.444. The minimum absolute atomic E-state index is 0.130. The van der Waals surface area contributed by atoms with Crippen LogP contribution in [0.5, 0.6) is 0 Å². The molecule has 0 nitrogen and oxygen atoms in total. The monoisotopic (exact) mass is 542 g/mol. The lowest BCUT2D eigenvalue weighted by Gasteiger charge is -2.38. The van der Waals surface area contributed by atoms with E-state index in [1.807, 2.05) is 24.3 Å². The zero-order chi connectivity index (χ0) is 28.1. The van der Waals surface area contributed by atoms with Crippen LogP contribution in [-0.4, -0.2) is 7.85 Å². The Kier molecular flexibility index (Phi) is 9.55. The molecule has 0 N–H and O–H groups in total. The Balaban J connectivity index is 1.18. The number of benzene rings is 3. The Hall–Kier alpha value is -2.75. The van der Waals surface area contributed by atoms with Gasteiger partial charge in [-0.1, -0.05) is 79.8 Å². The zero-order valence-corrected chi connectivity index (χ0v) is 24.1. The van der Waals surface area contributed by atoms with Gasteiger partial charge in [0.05, 0.1) is 0 Å². The molecule has 0 aliphatic heterocycles. The summed E-state index contributed by atoms with van der Waals surface area (Å²) in [6.45, 7) is 2.11. The highest BCUT2D eigenvalue weighted by Gasteiger charge is 2.32. The number of rotatable bonds is 8. The highest BCUT2D eigenvalue weighted by molar-refractivity contribution is 6.08. The van der Waals surface area contributed by atoms with Gasteiger partial charge in [-0.25, -0.2) is 13.2 Å². The molecule has 2 saturated carbocycles. The maximum atomic E-state index is 15.4. The van der Waals surface area contributed by atoms with Gasteiger partial charge in [0.15, 0.2) is 11.6 Å². The van der Waals surface area contributed by atoms with Crippen molar-refractivity contribution in [3.05, 3.63) is 95.3 Å². The van der Waals surface area contributed by atoms with E-state index in [-0.39, 0.29) is 11.4 Å². The van der Waals surface area contributed by atoms with E-state index in [0.29, 0.717) is 23.4 Å². The minimum atomic E-state index is -0.815. The summed E-state index contributed by atoms with van der Waals surface area (Å²) in [5.74, 6) is 1.16. The summed E-state index contributed by atoms with van der Waals surface area (Å²) < 4.78 is 44.3. The van der Waals surface area contributed by atoms with Crippen molar-refractivity contribution >= 4 is 7.85 Å². The van der Waals surface area contributed by atoms with Crippen molar-refractivity contribution in [2.45, 2.75) is 83.4 Å². The molecular weight excluding hydrogens is 500 g/mol. The topological polar surface area (TPSA) is 0 Å². The summed E-state index contributed by atoms with van der Waals surface area (Å²) >= 11 is 0. The molecule has 2 aliphatic carbocycles. The van der Waals surface area contributed by atoms with Crippen molar-refractivity contribution in [2.24, 2.45) is 17.8 Å². The van der Waals surface area contributed by atoms with E-state index in [2.05, 4.69) is 19.1 Å². The molecule has 0 aromatic heterocycles. The Morgan fingerprint density at radius 2 is 1.35 bits per heavy atom. The Morgan fingerprint density at radius 3 is 1.98 bits per heavy atom. The van der Waals surface area contributed by atoms with E-state index in [9.17, 15) is 8.78 Å². The molecule has 0 amide bonds. The highest BCUT2D eigenvalue weighted by atomic mass is 19.2. The first kappa shape index (κ1) is 28.8. The number of allylic oxidation sites excluding steroid dienone is 2.